The second-order valence-electron chi connectivity index (χ2n) is 7.04. The quantitative estimate of drug-likeness (QED) is 0.573. The van der Waals surface area contributed by atoms with Crippen LogP contribution in [0, 0.1) is 6.92 Å². The van der Waals surface area contributed by atoms with Gasteiger partial charge in [-0.3, -0.25) is 9.69 Å². The summed E-state index contributed by atoms with van der Waals surface area (Å²) in [7, 11) is 0. The number of nitrogens with one attached hydrogen (secondary N) is 1. The lowest BCUT2D eigenvalue weighted by Gasteiger charge is -2.45. The Hall–Kier alpha value is -1.85. The molecule has 144 valence electrons. The van der Waals surface area contributed by atoms with Crippen molar-refractivity contribution in [1.82, 2.24) is 10.2 Å². The number of likely N-dealkylation sites (tertiary alicyclic amines) is 1. The van der Waals surface area contributed by atoms with E-state index >= 15 is 0 Å². The molecule has 1 aromatic heterocycles. The molecule has 0 atom stereocenters. The van der Waals surface area contributed by atoms with Crippen LogP contribution in [0.2, 0.25) is 10.0 Å². The van der Waals surface area contributed by atoms with E-state index in [2.05, 4.69) is 34.5 Å². The number of carbonyl (C=O) groups excluding carboxylic acids is 1. The third-order valence-corrected chi connectivity index (χ3v) is 6.45. The van der Waals surface area contributed by atoms with Crippen LogP contribution in [0.1, 0.15) is 31.7 Å². The predicted molar refractivity (Wildman–Crippen MR) is 117 cm³/mol. The van der Waals surface area contributed by atoms with E-state index in [-0.39, 0.29) is 18.0 Å². The highest BCUT2D eigenvalue weighted by Gasteiger charge is 2.35. The normalized spacial score (nSPS) is 14.9. The zero-order valence-corrected chi connectivity index (χ0v) is 17.7. The van der Waals surface area contributed by atoms with Gasteiger partial charge in [0.15, 0.2) is 0 Å². The lowest BCUT2D eigenvalue weighted by molar-refractivity contribution is 0.0721. The van der Waals surface area contributed by atoms with Gasteiger partial charge in [0.05, 0.1) is 17.0 Å². The molecule has 1 N–H and O–H groups in total. The number of carbonyl (C=O) groups is 1. The summed E-state index contributed by atoms with van der Waals surface area (Å²) in [5, 5.41) is 4.58. The van der Waals surface area contributed by atoms with Crippen LogP contribution >= 0.6 is 34.5 Å². The number of nitrogens with zero attached hydrogens (tertiary/aromatic N) is 1. The minimum atomic E-state index is 0.0114. The van der Waals surface area contributed by atoms with E-state index in [1.807, 2.05) is 43.3 Å². The Labute approximate surface area is 178 Å². The van der Waals surface area contributed by atoms with Crippen molar-refractivity contribution in [3.05, 3.63) is 91.6 Å². The van der Waals surface area contributed by atoms with Crippen molar-refractivity contribution in [2.45, 2.75) is 19.0 Å². The molecular weight excluding hydrogens is 411 g/mol. The van der Waals surface area contributed by atoms with Gasteiger partial charge in [-0.05, 0) is 54.4 Å². The fourth-order valence-electron chi connectivity index (χ4n) is 3.53. The highest BCUT2D eigenvalue weighted by atomic mass is 35.5. The second-order valence-corrected chi connectivity index (χ2v) is 9.20. The molecule has 28 heavy (non-hydrogen) atoms. The zero-order chi connectivity index (χ0) is 19.7. The van der Waals surface area contributed by atoms with E-state index < -0.39 is 0 Å². The van der Waals surface area contributed by atoms with Gasteiger partial charge in [-0.25, -0.2) is 0 Å². The first-order chi connectivity index (χ1) is 13.5. The molecule has 0 unspecified atom stereocenters. The van der Waals surface area contributed by atoms with Gasteiger partial charge in [-0.1, -0.05) is 47.5 Å². The smallest absolute Gasteiger partial charge is 0.261 e. The summed E-state index contributed by atoms with van der Waals surface area (Å²) in [6.45, 7) is 3.60. The molecule has 3 nitrogen and oxygen atoms in total. The van der Waals surface area contributed by atoms with Gasteiger partial charge in [-0.2, -0.15) is 0 Å². The number of amides is 1. The molecule has 2 aromatic carbocycles. The minimum absolute atomic E-state index is 0.0114. The van der Waals surface area contributed by atoms with Crippen LogP contribution in [0.15, 0.2) is 60.7 Å². The molecule has 0 saturated carbocycles. The Bertz CT molecular complexity index is 917. The molecule has 6 heteroatoms. The Balaban J connectivity index is 1.48. The Morgan fingerprint density at radius 1 is 0.964 bits per heavy atom. The molecule has 1 aliphatic rings. The topological polar surface area (TPSA) is 32.3 Å². The first-order valence-corrected chi connectivity index (χ1v) is 10.7. The van der Waals surface area contributed by atoms with Crippen molar-refractivity contribution in [2.24, 2.45) is 0 Å². The van der Waals surface area contributed by atoms with Gasteiger partial charge in [0.1, 0.15) is 0 Å². The molecule has 1 fully saturated rings. The van der Waals surface area contributed by atoms with Crippen molar-refractivity contribution in [2.75, 3.05) is 13.1 Å². The molecule has 2 heterocycles. The molecule has 0 spiro atoms. The van der Waals surface area contributed by atoms with Crippen LogP contribution in [0.25, 0.3) is 0 Å². The van der Waals surface area contributed by atoms with Crippen LogP contribution in [0.4, 0.5) is 0 Å². The van der Waals surface area contributed by atoms with Gasteiger partial charge in [0.25, 0.3) is 5.91 Å². The van der Waals surface area contributed by atoms with Crippen LogP contribution in [-0.2, 0) is 0 Å². The highest BCUT2D eigenvalue weighted by molar-refractivity contribution is 7.13. The number of aryl methyl sites for hydroxylation is 1. The molecule has 3 aromatic rings. The number of halogens is 2. The van der Waals surface area contributed by atoms with E-state index in [0.717, 1.165) is 32.9 Å². The largest absolute Gasteiger partial charge is 0.346 e. The fourth-order valence-corrected chi connectivity index (χ4v) is 4.55. The third-order valence-electron chi connectivity index (χ3n) is 4.95. The van der Waals surface area contributed by atoms with Crippen molar-refractivity contribution in [3.63, 3.8) is 0 Å². The van der Waals surface area contributed by atoms with Crippen LogP contribution < -0.4 is 5.32 Å². The SMILES string of the molecule is Cc1ccc(C(=O)NC2CN(C(c3ccc(Cl)cc3)c3ccc(Cl)cc3)C2)s1. The summed E-state index contributed by atoms with van der Waals surface area (Å²) in [5.41, 5.74) is 2.34. The summed E-state index contributed by atoms with van der Waals surface area (Å²) in [6.07, 6.45) is 0. The van der Waals surface area contributed by atoms with Crippen LogP contribution in [0.5, 0.6) is 0 Å². The highest BCUT2D eigenvalue weighted by Crippen LogP contribution is 2.33. The summed E-state index contributed by atoms with van der Waals surface area (Å²) in [4.78, 5) is 16.7. The summed E-state index contributed by atoms with van der Waals surface area (Å²) in [6, 6.07) is 20.0. The summed E-state index contributed by atoms with van der Waals surface area (Å²) < 4.78 is 0. The minimum Gasteiger partial charge on any atom is -0.346 e. The van der Waals surface area contributed by atoms with E-state index in [1.54, 1.807) is 0 Å². The molecule has 0 aliphatic carbocycles. The number of rotatable bonds is 5. The zero-order valence-electron chi connectivity index (χ0n) is 15.4. The van der Waals surface area contributed by atoms with E-state index in [1.165, 1.54) is 22.5 Å². The maximum Gasteiger partial charge on any atom is 0.261 e. The molecular formula is C22H20Cl2N2OS. The van der Waals surface area contributed by atoms with Gasteiger partial charge in [0.2, 0.25) is 0 Å². The first-order valence-electron chi connectivity index (χ1n) is 9.12. The average Bonchev–Trinajstić information content (AvgIpc) is 3.09. The monoisotopic (exact) mass is 430 g/mol. The van der Waals surface area contributed by atoms with Crippen molar-refractivity contribution >= 4 is 40.4 Å². The number of thiophene rings is 1. The van der Waals surface area contributed by atoms with Gasteiger partial charge < -0.3 is 5.32 Å². The summed E-state index contributed by atoms with van der Waals surface area (Å²) >= 11 is 13.7. The molecule has 1 saturated heterocycles. The lowest BCUT2D eigenvalue weighted by atomic mass is 9.93. The van der Waals surface area contributed by atoms with E-state index in [9.17, 15) is 4.79 Å². The average molecular weight is 431 g/mol. The molecule has 0 bridgehead atoms. The second kappa shape index (κ2) is 8.26. The van der Waals surface area contributed by atoms with Crippen molar-refractivity contribution in [3.8, 4) is 0 Å². The van der Waals surface area contributed by atoms with Gasteiger partial charge in [-0.15, -0.1) is 11.3 Å². The Kier molecular flexibility index (Phi) is 5.74. The number of hydrogen-bond acceptors (Lipinski definition) is 3. The van der Waals surface area contributed by atoms with Gasteiger partial charge in [0, 0.05) is 28.0 Å². The number of benzene rings is 2. The number of hydrogen-bond donors (Lipinski definition) is 1. The van der Waals surface area contributed by atoms with Crippen LogP contribution in [-0.4, -0.2) is 29.9 Å². The maximum atomic E-state index is 12.4. The Morgan fingerprint density at radius 3 is 1.96 bits per heavy atom. The maximum absolute atomic E-state index is 12.4. The summed E-state index contributed by atoms with van der Waals surface area (Å²) in [5.74, 6) is 0.0114. The third kappa shape index (κ3) is 4.26. The van der Waals surface area contributed by atoms with Crippen LogP contribution in [0.3, 0.4) is 0 Å². The Morgan fingerprint density at radius 2 is 1.50 bits per heavy atom. The fraction of sp³-hybridized carbons (Fsp3) is 0.227. The molecule has 0 radical (unpaired) electrons. The van der Waals surface area contributed by atoms with E-state index in [0.29, 0.717) is 0 Å². The van der Waals surface area contributed by atoms with E-state index in [4.69, 9.17) is 23.2 Å². The lowest BCUT2D eigenvalue weighted by Crippen LogP contribution is -2.60. The molecule has 4 rings (SSSR count). The standard InChI is InChI=1S/C22H20Cl2N2OS/c1-14-2-11-20(28-14)22(27)25-19-12-26(13-19)21(15-3-7-17(23)8-4-15)16-5-9-18(24)10-6-16/h2-11,19,21H,12-13H2,1H3,(H,25,27). The predicted octanol–water partition coefficient (Wildman–Crippen LogP) is 5.57. The molecule has 1 amide bonds. The van der Waals surface area contributed by atoms with Crippen molar-refractivity contribution < 1.29 is 4.79 Å². The van der Waals surface area contributed by atoms with Crippen molar-refractivity contribution in [1.29, 1.82) is 0 Å². The first kappa shape index (κ1) is 19.5. The van der Waals surface area contributed by atoms with Gasteiger partial charge >= 0.3 is 0 Å². The molecule has 1 aliphatic heterocycles.